The number of rotatable bonds is 5. The van der Waals surface area contributed by atoms with Gasteiger partial charge >= 0.3 is 0 Å². The van der Waals surface area contributed by atoms with Crippen LogP contribution in [0.25, 0.3) is 11.1 Å². The second-order valence-corrected chi connectivity index (χ2v) is 8.01. The van der Waals surface area contributed by atoms with E-state index in [1.165, 1.54) is 6.07 Å². The molecule has 0 N–H and O–H groups in total. The number of halogens is 1. The molecule has 3 heterocycles. The molecule has 4 rings (SSSR count). The quantitative estimate of drug-likeness (QED) is 0.320. The van der Waals surface area contributed by atoms with Crippen LogP contribution in [0.2, 0.25) is 0 Å². The minimum atomic E-state index is -0.199. The molecule has 31 heavy (non-hydrogen) atoms. The molecule has 1 aromatic carbocycles. The van der Waals surface area contributed by atoms with Crippen LogP contribution in [0.3, 0.4) is 0 Å². The first-order valence-electron chi connectivity index (χ1n) is 10.5. The first-order chi connectivity index (χ1) is 15.0. The van der Waals surface area contributed by atoms with Gasteiger partial charge in [0.15, 0.2) is 0 Å². The molecule has 1 aliphatic heterocycles. The number of aliphatic imine (C=N–C) groups is 1. The van der Waals surface area contributed by atoms with Crippen molar-refractivity contribution in [2.24, 2.45) is 4.99 Å². The molecule has 0 aliphatic carbocycles. The fraction of sp³-hybridized carbons (Fsp3) is 0.280. The monoisotopic (exact) mass is 417 g/mol. The minimum absolute atomic E-state index is 0.126. The van der Waals surface area contributed by atoms with Crippen molar-refractivity contribution in [3.63, 3.8) is 0 Å². The Balaban J connectivity index is 1.72. The summed E-state index contributed by atoms with van der Waals surface area (Å²) in [6.07, 6.45) is 5.66. The van der Waals surface area contributed by atoms with Crippen molar-refractivity contribution in [3.05, 3.63) is 84.5 Å². The van der Waals surface area contributed by atoms with Gasteiger partial charge in [-0.05, 0) is 61.7 Å². The van der Waals surface area contributed by atoms with Crippen LogP contribution < -0.4 is 4.90 Å². The van der Waals surface area contributed by atoms with E-state index in [-0.39, 0.29) is 11.9 Å². The third-order valence-corrected chi connectivity index (χ3v) is 5.82. The van der Waals surface area contributed by atoms with E-state index >= 15 is 0 Å². The smallest absolute Gasteiger partial charge is 0.150 e. The summed E-state index contributed by atoms with van der Waals surface area (Å²) in [7, 11) is 3.93. The van der Waals surface area contributed by atoms with Crippen LogP contribution in [-0.2, 0) is 0 Å². The van der Waals surface area contributed by atoms with Crippen molar-refractivity contribution in [3.8, 4) is 0 Å². The van der Waals surface area contributed by atoms with Crippen LogP contribution in [0.4, 0.5) is 10.2 Å². The third-order valence-electron chi connectivity index (χ3n) is 5.82. The highest BCUT2D eigenvalue weighted by Gasteiger charge is 2.27. The summed E-state index contributed by atoms with van der Waals surface area (Å²) in [6, 6.07) is 15.2. The number of anilines is 1. The summed E-state index contributed by atoms with van der Waals surface area (Å²) in [4.78, 5) is 8.77. The molecule has 0 amide bonds. The highest BCUT2D eigenvalue weighted by Crippen LogP contribution is 2.35. The zero-order chi connectivity index (χ0) is 22.0. The Bertz CT molecular complexity index is 1160. The predicted octanol–water partition coefficient (Wildman–Crippen LogP) is 5.32. The summed E-state index contributed by atoms with van der Waals surface area (Å²) >= 11 is 0. The van der Waals surface area contributed by atoms with Gasteiger partial charge in [0.2, 0.25) is 0 Å². The molecule has 1 fully saturated rings. The molecule has 1 atom stereocenters. The van der Waals surface area contributed by atoms with E-state index < -0.39 is 0 Å². The van der Waals surface area contributed by atoms with E-state index in [4.69, 9.17) is 5.10 Å². The molecule has 2 aromatic heterocycles. The summed E-state index contributed by atoms with van der Waals surface area (Å²) in [6.45, 7) is 6.83. The van der Waals surface area contributed by atoms with E-state index in [1.54, 1.807) is 18.2 Å². The van der Waals surface area contributed by atoms with Gasteiger partial charge in [0.25, 0.3) is 0 Å². The Morgan fingerprint density at radius 3 is 2.77 bits per heavy atom. The zero-order valence-electron chi connectivity index (χ0n) is 18.3. The lowest BCUT2D eigenvalue weighted by molar-refractivity contribution is 0.617. The number of amidine groups is 1. The molecule has 5 nitrogen and oxygen atoms in total. The highest BCUT2D eigenvalue weighted by molar-refractivity contribution is 5.82. The van der Waals surface area contributed by atoms with Crippen LogP contribution in [0, 0.1) is 5.82 Å². The molecule has 6 heteroatoms. The van der Waals surface area contributed by atoms with Crippen LogP contribution in [-0.4, -0.2) is 41.0 Å². The number of fused-ring (bicyclic) bond motifs is 1. The predicted molar refractivity (Wildman–Crippen MR) is 126 cm³/mol. The summed E-state index contributed by atoms with van der Waals surface area (Å²) in [5.74, 6) is 1.59. The molecule has 160 valence electrons. The Kier molecular flexibility index (Phi) is 5.89. The summed E-state index contributed by atoms with van der Waals surface area (Å²) in [5.41, 5.74) is 3.83. The van der Waals surface area contributed by atoms with Gasteiger partial charge in [-0.25, -0.2) is 13.9 Å². The van der Waals surface area contributed by atoms with Gasteiger partial charge in [-0.15, -0.1) is 5.10 Å². The number of benzene rings is 1. The second kappa shape index (κ2) is 8.76. The standard InChI is InChI=1S/C25H28FN5/c1-5-19(17-27-18(2)29(3)4)24-13-11-22-12-14-25(28-31(22)24)30-15-7-10-23(30)20-8-6-9-21(26)16-20/h5-6,8-9,11-14,16-17,23H,1,7,10,15H2,2-4H3/b19-17+,27-18?. The lowest BCUT2D eigenvalue weighted by Gasteiger charge is -2.26. The average molecular weight is 418 g/mol. The van der Waals surface area contributed by atoms with E-state index in [1.807, 2.05) is 60.9 Å². The van der Waals surface area contributed by atoms with Crippen molar-refractivity contribution in [1.29, 1.82) is 0 Å². The Morgan fingerprint density at radius 2 is 2.03 bits per heavy atom. The van der Waals surface area contributed by atoms with Crippen LogP contribution in [0.5, 0.6) is 0 Å². The summed E-state index contributed by atoms with van der Waals surface area (Å²) < 4.78 is 15.7. The first kappa shape index (κ1) is 20.8. The molecule has 1 saturated heterocycles. The van der Waals surface area contributed by atoms with Crippen LogP contribution in [0.1, 0.15) is 37.1 Å². The average Bonchev–Trinajstić information content (AvgIpc) is 3.41. The molecular weight excluding hydrogens is 389 g/mol. The number of aromatic nitrogens is 2. The van der Waals surface area contributed by atoms with E-state index in [2.05, 4.69) is 22.5 Å². The normalized spacial score (nSPS) is 17.4. The molecule has 0 bridgehead atoms. The molecule has 3 aromatic rings. The maximum atomic E-state index is 13.8. The molecule has 0 saturated carbocycles. The maximum Gasteiger partial charge on any atom is 0.150 e. The van der Waals surface area contributed by atoms with E-state index in [0.717, 1.165) is 53.4 Å². The van der Waals surface area contributed by atoms with Crippen molar-refractivity contribution < 1.29 is 4.39 Å². The van der Waals surface area contributed by atoms with Gasteiger partial charge in [-0.1, -0.05) is 24.8 Å². The van der Waals surface area contributed by atoms with Gasteiger partial charge in [0, 0.05) is 32.4 Å². The molecule has 1 aliphatic rings. The highest BCUT2D eigenvalue weighted by atomic mass is 19.1. The van der Waals surface area contributed by atoms with Crippen molar-refractivity contribution in [1.82, 2.24) is 14.5 Å². The molecular formula is C25H28FN5. The van der Waals surface area contributed by atoms with Gasteiger partial charge in [0.05, 0.1) is 17.3 Å². The van der Waals surface area contributed by atoms with E-state index in [0.29, 0.717) is 0 Å². The topological polar surface area (TPSA) is 36.1 Å². The van der Waals surface area contributed by atoms with Gasteiger partial charge < -0.3 is 9.80 Å². The molecule has 1 unspecified atom stereocenters. The Hall–Kier alpha value is -3.41. The number of allylic oxidation sites excluding steroid dienone is 2. The maximum absolute atomic E-state index is 13.8. The number of nitrogens with zero attached hydrogens (tertiary/aromatic N) is 5. The second-order valence-electron chi connectivity index (χ2n) is 8.01. The largest absolute Gasteiger partial charge is 0.366 e. The SMILES string of the molecule is C=C/C(=C\N=C(C)N(C)C)c1ccc2ccc(N3CCCC3c3cccc(F)c3)nn12. The van der Waals surface area contributed by atoms with Gasteiger partial charge in [-0.3, -0.25) is 0 Å². The molecule has 0 radical (unpaired) electrons. The lowest BCUT2D eigenvalue weighted by atomic mass is 10.0. The first-order valence-corrected chi connectivity index (χ1v) is 10.5. The Labute approximate surface area is 182 Å². The van der Waals surface area contributed by atoms with Gasteiger partial charge in [0.1, 0.15) is 17.5 Å². The van der Waals surface area contributed by atoms with Gasteiger partial charge in [-0.2, -0.15) is 0 Å². The van der Waals surface area contributed by atoms with Crippen molar-refractivity contribution in [2.45, 2.75) is 25.8 Å². The van der Waals surface area contributed by atoms with Crippen LogP contribution in [0.15, 0.2) is 72.4 Å². The minimum Gasteiger partial charge on any atom is -0.366 e. The summed E-state index contributed by atoms with van der Waals surface area (Å²) in [5, 5.41) is 4.95. The fourth-order valence-corrected chi connectivity index (χ4v) is 3.95. The van der Waals surface area contributed by atoms with Crippen molar-refractivity contribution >= 4 is 22.7 Å². The van der Waals surface area contributed by atoms with E-state index in [9.17, 15) is 4.39 Å². The third kappa shape index (κ3) is 4.24. The Morgan fingerprint density at radius 1 is 1.23 bits per heavy atom. The zero-order valence-corrected chi connectivity index (χ0v) is 18.3. The number of hydrogen-bond acceptors (Lipinski definition) is 3. The number of hydrogen-bond donors (Lipinski definition) is 0. The lowest BCUT2D eigenvalue weighted by Crippen LogP contribution is -2.24. The van der Waals surface area contributed by atoms with Crippen LogP contribution >= 0.6 is 0 Å². The van der Waals surface area contributed by atoms with Crippen molar-refractivity contribution in [2.75, 3.05) is 25.5 Å². The molecule has 0 spiro atoms. The fourth-order valence-electron chi connectivity index (χ4n) is 3.95.